The van der Waals surface area contributed by atoms with Gasteiger partial charge in [-0.2, -0.15) is 0 Å². The molecule has 108 valence electrons. The summed E-state index contributed by atoms with van der Waals surface area (Å²) in [5, 5.41) is 21.4. The lowest BCUT2D eigenvalue weighted by Gasteiger charge is -2.12. The second-order valence-electron chi connectivity index (χ2n) is 4.81. The number of halogens is 1. The Kier molecular flexibility index (Phi) is 4.68. The number of anilines is 1. The highest BCUT2D eigenvalue weighted by Crippen LogP contribution is 2.21. The van der Waals surface area contributed by atoms with E-state index in [0.717, 1.165) is 11.1 Å². The van der Waals surface area contributed by atoms with Crippen LogP contribution in [-0.2, 0) is 0 Å². The predicted octanol–water partition coefficient (Wildman–Crippen LogP) is 1.89. The maximum Gasteiger partial charge on any atom is 0.488 e. The van der Waals surface area contributed by atoms with Crippen molar-refractivity contribution in [3.63, 3.8) is 0 Å². The van der Waals surface area contributed by atoms with Crippen molar-refractivity contribution in [2.75, 3.05) is 5.32 Å². The van der Waals surface area contributed by atoms with Gasteiger partial charge in [0, 0.05) is 5.69 Å². The molecular formula is C15H15BClNO3. The number of aryl methyl sites for hydroxylation is 1. The van der Waals surface area contributed by atoms with Crippen molar-refractivity contribution in [2.24, 2.45) is 0 Å². The second-order valence-corrected chi connectivity index (χ2v) is 5.22. The van der Waals surface area contributed by atoms with Crippen LogP contribution in [0.2, 0.25) is 5.02 Å². The van der Waals surface area contributed by atoms with E-state index in [-0.39, 0.29) is 16.0 Å². The molecule has 0 aliphatic carbocycles. The largest absolute Gasteiger partial charge is 0.488 e. The van der Waals surface area contributed by atoms with E-state index in [9.17, 15) is 14.8 Å². The van der Waals surface area contributed by atoms with Crippen LogP contribution in [-0.4, -0.2) is 23.1 Å². The number of rotatable bonds is 3. The van der Waals surface area contributed by atoms with E-state index in [1.165, 1.54) is 18.2 Å². The molecule has 0 spiro atoms. The zero-order chi connectivity index (χ0) is 15.6. The zero-order valence-corrected chi connectivity index (χ0v) is 12.5. The lowest BCUT2D eigenvalue weighted by Crippen LogP contribution is -2.31. The summed E-state index contributed by atoms with van der Waals surface area (Å²) in [6.07, 6.45) is 0. The minimum absolute atomic E-state index is 0.197. The van der Waals surface area contributed by atoms with Gasteiger partial charge in [-0.1, -0.05) is 29.8 Å². The van der Waals surface area contributed by atoms with Crippen molar-refractivity contribution in [3.8, 4) is 0 Å². The lowest BCUT2D eigenvalue weighted by atomic mass is 9.79. The van der Waals surface area contributed by atoms with Crippen LogP contribution < -0.4 is 10.8 Å². The Morgan fingerprint density at radius 3 is 2.57 bits per heavy atom. The molecule has 2 aromatic rings. The molecule has 0 heterocycles. The SMILES string of the molecule is Cc1cccc(NC(=O)c2cc(B(O)O)ccc2Cl)c1C. The fourth-order valence-corrected chi connectivity index (χ4v) is 2.16. The van der Waals surface area contributed by atoms with Crippen LogP contribution >= 0.6 is 11.6 Å². The Hall–Kier alpha value is -1.82. The molecule has 3 N–H and O–H groups in total. The molecule has 0 saturated carbocycles. The maximum atomic E-state index is 12.3. The van der Waals surface area contributed by atoms with E-state index in [4.69, 9.17) is 11.6 Å². The Morgan fingerprint density at radius 1 is 1.19 bits per heavy atom. The van der Waals surface area contributed by atoms with Crippen LogP contribution in [0.15, 0.2) is 36.4 Å². The van der Waals surface area contributed by atoms with Crippen LogP contribution in [0.3, 0.4) is 0 Å². The van der Waals surface area contributed by atoms with Crippen molar-refractivity contribution in [2.45, 2.75) is 13.8 Å². The third kappa shape index (κ3) is 3.45. The van der Waals surface area contributed by atoms with Gasteiger partial charge < -0.3 is 15.4 Å². The van der Waals surface area contributed by atoms with Crippen molar-refractivity contribution in [1.29, 1.82) is 0 Å². The molecule has 0 aliphatic rings. The average Bonchev–Trinajstić information content (AvgIpc) is 2.44. The van der Waals surface area contributed by atoms with Crippen LogP contribution in [0.5, 0.6) is 0 Å². The van der Waals surface area contributed by atoms with Gasteiger partial charge >= 0.3 is 7.12 Å². The molecule has 0 atom stereocenters. The predicted molar refractivity (Wildman–Crippen MR) is 85.1 cm³/mol. The fourth-order valence-electron chi connectivity index (χ4n) is 1.95. The summed E-state index contributed by atoms with van der Waals surface area (Å²) in [5.41, 5.74) is 3.15. The highest BCUT2D eigenvalue weighted by atomic mass is 35.5. The number of amides is 1. The van der Waals surface area contributed by atoms with E-state index < -0.39 is 13.0 Å². The smallest absolute Gasteiger partial charge is 0.423 e. The molecule has 1 amide bonds. The van der Waals surface area contributed by atoms with E-state index in [2.05, 4.69) is 5.32 Å². The summed E-state index contributed by atoms with van der Waals surface area (Å²) in [4.78, 5) is 12.3. The molecular weight excluding hydrogens is 288 g/mol. The van der Waals surface area contributed by atoms with Crippen LogP contribution in [0.25, 0.3) is 0 Å². The topological polar surface area (TPSA) is 69.6 Å². The molecule has 21 heavy (non-hydrogen) atoms. The summed E-state index contributed by atoms with van der Waals surface area (Å²) in [5.74, 6) is -0.392. The molecule has 6 heteroatoms. The van der Waals surface area contributed by atoms with Gasteiger partial charge in [-0.15, -0.1) is 0 Å². The van der Waals surface area contributed by atoms with E-state index in [1.807, 2.05) is 26.0 Å². The first-order valence-electron chi connectivity index (χ1n) is 6.43. The Balaban J connectivity index is 2.32. The molecule has 0 fully saturated rings. The molecule has 0 radical (unpaired) electrons. The van der Waals surface area contributed by atoms with Gasteiger partial charge in [-0.3, -0.25) is 4.79 Å². The summed E-state index contributed by atoms with van der Waals surface area (Å²) in [7, 11) is -1.64. The van der Waals surface area contributed by atoms with E-state index in [1.54, 1.807) is 6.07 Å². The number of hydrogen-bond acceptors (Lipinski definition) is 3. The summed E-state index contributed by atoms with van der Waals surface area (Å²) in [6.45, 7) is 3.88. The Labute approximate surface area is 128 Å². The van der Waals surface area contributed by atoms with Gasteiger partial charge in [0.15, 0.2) is 0 Å². The first-order valence-corrected chi connectivity index (χ1v) is 6.81. The average molecular weight is 304 g/mol. The molecule has 0 saturated heterocycles. The molecule has 4 nitrogen and oxygen atoms in total. The number of nitrogens with one attached hydrogen (secondary N) is 1. The Bertz CT molecular complexity index is 689. The molecule has 0 aliphatic heterocycles. The molecule has 2 aromatic carbocycles. The number of carbonyl (C=O) groups is 1. The Morgan fingerprint density at radius 2 is 1.90 bits per heavy atom. The summed E-state index contributed by atoms with van der Waals surface area (Å²) >= 11 is 6.01. The summed E-state index contributed by atoms with van der Waals surface area (Å²) < 4.78 is 0. The van der Waals surface area contributed by atoms with Gasteiger partial charge in [-0.25, -0.2) is 0 Å². The standard InChI is InChI=1S/C15H15BClNO3/c1-9-4-3-5-14(10(9)2)18-15(19)12-8-11(16(20)21)6-7-13(12)17/h3-8,20-21H,1-2H3,(H,18,19). The van der Waals surface area contributed by atoms with Crippen molar-refractivity contribution >= 4 is 35.8 Å². The zero-order valence-electron chi connectivity index (χ0n) is 11.7. The first-order chi connectivity index (χ1) is 9.90. The van der Waals surface area contributed by atoms with Crippen LogP contribution in [0.1, 0.15) is 21.5 Å². The van der Waals surface area contributed by atoms with Gasteiger partial charge in [0.25, 0.3) is 5.91 Å². The quantitative estimate of drug-likeness (QED) is 0.758. The number of benzene rings is 2. The highest BCUT2D eigenvalue weighted by molar-refractivity contribution is 6.59. The van der Waals surface area contributed by atoms with Gasteiger partial charge in [0.2, 0.25) is 0 Å². The fraction of sp³-hybridized carbons (Fsp3) is 0.133. The molecule has 0 bridgehead atoms. The lowest BCUT2D eigenvalue weighted by molar-refractivity contribution is 0.102. The minimum atomic E-state index is -1.64. The van der Waals surface area contributed by atoms with Gasteiger partial charge in [0.1, 0.15) is 0 Å². The van der Waals surface area contributed by atoms with Crippen molar-refractivity contribution in [3.05, 3.63) is 58.1 Å². The van der Waals surface area contributed by atoms with E-state index in [0.29, 0.717) is 5.69 Å². The van der Waals surface area contributed by atoms with Crippen molar-refractivity contribution in [1.82, 2.24) is 0 Å². The normalized spacial score (nSPS) is 10.3. The third-order valence-corrected chi connectivity index (χ3v) is 3.72. The van der Waals surface area contributed by atoms with Crippen molar-refractivity contribution < 1.29 is 14.8 Å². The second kappa shape index (κ2) is 6.31. The molecule has 2 rings (SSSR count). The molecule has 0 unspecified atom stereocenters. The number of carbonyl (C=O) groups excluding carboxylic acids is 1. The molecule has 0 aromatic heterocycles. The summed E-state index contributed by atoms with van der Waals surface area (Å²) in [6, 6.07) is 9.91. The van der Waals surface area contributed by atoms with Crippen LogP contribution in [0.4, 0.5) is 5.69 Å². The first kappa shape index (κ1) is 15.6. The van der Waals surface area contributed by atoms with Gasteiger partial charge in [0.05, 0.1) is 10.6 Å². The minimum Gasteiger partial charge on any atom is -0.423 e. The number of hydrogen-bond donors (Lipinski definition) is 3. The van der Waals surface area contributed by atoms with Crippen LogP contribution in [0, 0.1) is 13.8 Å². The third-order valence-electron chi connectivity index (χ3n) is 3.39. The monoisotopic (exact) mass is 303 g/mol. The highest BCUT2D eigenvalue weighted by Gasteiger charge is 2.17. The van der Waals surface area contributed by atoms with E-state index >= 15 is 0 Å². The van der Waals surface area contributed by atoms with Gasteiger partial charge in [-0.05, 0) is 48.6 Å². The maximum absolute atomic E-state index is 12.3.